The van der Waals surface area contributed by atoms with Crippen molar-refractivity contribution in [2.75, 3.05) is 26.0 Å². The average molecular weight is 423 g/mol. The van der Waals surface area contributed by atoms with Crippen molar-refractivity contribution in [3.63, 3.8) is 0 Å². The quantitative estimate of drug-likeness (QED) is 0.815. The Morgan fingerprint density at radius 3 is 2.45 bits per heavy atom. The highest BCUT2D eigenvalue weighted by molar-refractivity contribution is 6.06. The molecule has 1 N–H and O–H groups in total. The predicted octanol–water partition coefficient (Wildman–Crippen LogP) is 3.67. The minimum atomic E-state index is -0.305. The molecule has 3 rings (SSSR count). The standard InChI is InChI=1S/C24H30N4O3/c1-15-14-18(23(30)28-13-7-6-8-16(28)2)9-11-20(15)26-22(29)19-10-12-21(25-17(19)3)24(31)27(4)5/h9-12,14,16H,6-8,13H2,1-5H3,(H,26,29). The summed E-state index contributed by atoms with van der Waals surface area (Å²) in [7, 11) is 3.31. The Bertz CT molecular complexity index is 1020. The zero-order chi connectivity index (χ0) is 22.7. The van der Waals surface area contributed by atoms with Gasteiger partial charge in [-0.1, -0.05) is 0 Å². The lowest BCUT2D eigenvalue weighted by Gasteiger charge is -2.33. The van der Waals surface area contributed by atoms with E-state index in [-0.39, 0.29) is 23.8 Å². The van der Waals surface area contributed by atoms with Crippen LogP contribution in [0.25, 0.3) is 0 Å². The Morgan fingerprint density at radius 2 is 1.84 bits per heavy atom. The molecule has 1 atom stereocenters. The van der Waals surface area contributed by atoms with Crippen LogP contribution in [0.3, 0.4) is 0 Å². The van der Waals surface area contributed by atoms with Crippen LogP contribution in [0.4, 0.5) is 5.69 Å². The topological polar surface area (TPSA) is 82.6 Å². The van der Waals surface area contributed by atoms with E-state index in [4.69, 9.17) is 0 Å². The number of hydrogen-bond donors (Lipinski definition) is 1. The van der Waals surface area contributed by atoms with Gasteiger partial charge in [0.05, 0.1) is 11.3 Å². The molecular weight excluding hydrogens is 392 g/mol. The Hall–Kier alpha value is -3.22. The van der Waals surface area contributed by atoms with Gasteiger partial charge in [0.15, 0.2) is 0 Å². The predicted molar refractivity (Wildman–Crippen MR) is 120 cm³/mol. The molecule has 1 saturated heterocycles. The van der Waals surface area contributed by atoms with E-state index in [1.54, 1.807) is 45.3 Å². The van der Waals surface area contributed by atoms with Crippen molar-refractivity contribution in [1.82, 2.24) is 14.8 Å². The van der Waals surface area contributed by atoms with Gasteiger partial charge >= 0.3 is 0 Å². The highest BCUT2D eigenvalue weighted by Crippen LogP contribution is 2.23. The lowest BCUT2D eigenvalue weighted by Crippen LogP contribution is -2.42. The van der Waals surface area contributed by atoms with E-state index in [1.807, 2.05) is 17.9 Å². The fourth-order valence-electron chi connectivity index (χ4n) is 3.84. The number of hydrogen-bond acceptors (Lipinski definition) is 4. The highest BCUT2D eigenvalue weighted by Gasteiger charge is 2.24. The molecule has 0 radical (unpaired) electrons. The molecule has 7 heteroatoms. The first kappa shape index (κ1) is 22.5. The molecule has 2 heterocycles. The Kier molecular flexibility index (Phi) is 6.73. The van der Waals surface area contributed by atoms with Crippen molar-refractivity contribution < 1.29 is 14.4 Å². The molecule has 1 fully saturated rings. The van der Waals surface area contributed by atoms with Crippen molar-refractivity contribution in [3.8, 4) is 0 Å². The van der Waals surface area contributed by atoms with Crippen molar-refractivity contribution in [2.24, 2.45) is 0 Å². The maximum Gasteiger partial charge on any atom is 0.271 e. The number of aryl methyl sites for hydroxylation is 2. The van der Waals surface area contributed by atoms with E-state index >= 15 is 0 Å². The number of carbonyl (C=O) groups is 3. The van der Waals surface area contributed by atoms with Crippen LogP contribution in [0.15, 0.2) is 30.3 Å². The van der Waals surface area contributed by atoms with Gasteiger partial charge in [0, 0.05) is 37.9 Å². The molecule has 3 amide bonds. The number of pyridine rings is 1. The van der Waals surface area contributed by atoms with E-state index in [0.29, 0.717) is 28.2 Å². The van der Waals surface area contributed by atoms with Crippen molar-refractivity contribution in [1.29, 1.82) is 0 Å². The van der Waals surface area contributed by atoms with Crippen molar-refractivity contribution in [3.05, 3.63) is 58.4 Å². The van der Waals surface area contributed by atoms with E-state index in [9.17, 15) is 14.4 Å². The monoisotopic (exact) mass is 422 g/mol. The summed E-state index contributed by atoms with van der Waals surface area (Å²) in [5.74, 6) is -0.482. The highest BCUT2D eigenvalue weighted by atomic mass is 16.2. The molecule has 31 heavy (non-hydrogen) atoms. The van der Waals surface area contributed by atoms with Gasteiger partial charge in [0.2, 0.25) is 0 Å². The number of benzene rings is 1. The summed E-state index contributed by atoms with van der Waals surface area (Å²) in [6.45, 7) is 6.45. The van der Waals surface area contributed by atoms with Crippen LogP contribution in [0.2, 0.25) is 0 Å². The molecule has 0 aliphatic carbocycles. The van der Waals surface area contributed by atoms with Crippen LogP contribution in [0.1, 0.15) is 68.6 Å². The third-order valence-corrected chi connectivity index (χ3v) is 5.74. The summed E-state index contributed by atoms with van der Waals surface area (Å²) >= 11 is 0. The number of rotatable bonds is 4. The van der Waals surface area contributed by atoms with Gasteiger partial charge < -0.3 is 15.1 Å². The molecule has 0 saturated carbocycles. The normalized spacial score (nSPS) is 16.0. The summed E-state index contributed by atoms with van der Waals surface area (Å²) in [6.07, 6.45) is 3.23. The minimum absolute atomic E-state index is 0.0365. The SMILES string of the molecule is Cc1cc(C(=O)N2CCCCC2C)ccc1NC(=O)c1ccc(C(=O)N(C)C)nc1C. The van der Waals surface area contributed by atoms with Crippen LogP contribution < -0.4 is 5.32 Å². The number of carbonyl (C=O) groups excluding carboxylic acids is 3. The molecule has 1 aromatic carbocycles. The van der Waals surface area contributed by atoms with Crippen LogP contribution in [0, 0.1) is 13.8 Å². The molecule has 0 bridgehead atoms. The van der Waals surface area contributed by atoms with Gasteiger partial charge in [0.1, 0.15) is 5.69 Å². The molecule has 164 valence electrons. The number of piperidine rings is 1. The van der Waals surface area contributed by atoms with E-state index in [2.05, 4.69) is 17.2 Å². The second kappa shape index (κ2) is 9.29. The lowest BCUT2D eigenvalue weighted by atomic mass is 10.0. The maximum atomic E-state index is 12.9. The van der Waals surface area contributed by atoms with Gasteiger partial charge in [-0.15, -0.1) is 0 Å². The van der Waals surface area contributed by atoms with Crippen LogP contribution in [-0.4, -0.2) is 59.2 Å². The molecular formula is C24H30N4O3. The summed E-state index contributed by atoms with van der Waals surface area (Å²) in [6, 6.07) is 8.76. The average Bonchev–Trinajstić information content (AvgIpc) is 2.74. The third kappa shape index (κ3) is 4.93. The first-order valence-corrected chi connectivity index (χ1v) is 10.6. The number of aromatic nitrogens is 1. The zero-order valence-electron chi connectivity index (χ0n) is 18.9. The Labute approximate surface area is 183 Å². The second-order valence-electron chi connectivity index (χ2n) is 8.36. The van der Waals surface area contributed by atoms with Crippen molar-refractivity contribution in [2.45, 2.75) is 46.1 Å². The van der Waals surface area contributed by atoms with E-state index in [0.717, 1.165) is 31.4 Å². The maximum absolute atomic E-state index is 12.9. The van der Waals surface area contributed by atoms with Crippen LogP contribution in [-0.2, 0) is 0 Å². The van der Waals surface area contributed by atoms with E-state index < -0.39 is 0 Å². The van der Waals surface area contributed by atoms with Gasteiger partial charge in [0.25, 0.3) is 17.7 Å². The first-order chi connectivity index (χ1) is 14.7. The molecule has 2 aromatic rings. The zero-order valence-corrected chi connectivity index (χ0v) is 18.9. The van der Waals surface area contributed by atoms with E-state index in [1.165, 1.54) is 4.90 Å². The molecule has 1 unspecified atom stereocenters. The van der Waals surface area contributed by atoms with Crippen LogP contribution >= 0.6 is 0 Å². The molecule has 1 aliphatic rings. The Balaban J connectivity index is 1.75. The number of amides is 3. The molecule has 7 nitrogen and oxygen atoms in total. The summed E-state index contributed by atoms with van der Waals surface area (Å²) in [4.78, 5) is 45.4. The number of anilines is 1. The third-order valence-electron chi connectivity index (χ3n) is 5.74. The fraction of sp³-hybridized carbons (Fsp3) is 0.417. The van der Waals surface area contributed by atoms with Crippen LogP contribution in [0.5, 0.6) is 0 Å². The van der Waals surface area contributed by atoms with Gasteiger partial charge in [-0.2, -0.15) is 0 Å². The second-order valence-corrected chi connectivity index (χ2v) is 8.36. The smallest absolute Gasteiger partial charge is 0.271 e. The minimum Gasteiger partial charge on any atom is -0.343 e. The molecule has 0 spiro atoms. The van der Waals surface area contributed by atoms with Crippen molar-refractivity contribution >= 4 is 23.4 Å². The number of nitrogens with one attached hydrogen (secondary N) is 1. The summed E-state index contributed by atoms with van der Waals surface area (Å²) < 4.78 is 0. The van der Waals surface area contributed by atoms with Gasteiger partial charge in [-0.25, -0.2) is 4.98 Å². The summed E-state index contributed by atoms with van der Waals surface area (Å²) in [5, 5.41) is 2.89. The molecule has 1 aromatic heterocycles. The van der Waals surface area contributed by atoms with Gasteiger partial charge in [-0.3, -0.25) is 14.4 Å². The number of likely N-dealkylation sites (tertiary alicyclic amines) is 1. The fourth-order valence-corrected chi connectivity index (χ4v) is 3.84. The first-order valence-electron chi connectivity index (χ1n) is 10.6. The summed E-state index contributed by atoms with van der Waals surface area (Å²) in [5.41, 5.74) is 3.26. The molecule has 1 aliphatic heterocycles. The Morgan fingerprint density at radius 1 is 1.10 bits per heavy atom. The van der Waals surface area contributed by atoms with Gasteiger partial charge in [-0.05, 0) is 75.9 Å². The number of nitrogens with zero attached hydrogens (tertiary/aromatic N) is 3. The lowest BCUT2D eigenvalue weighted by molar-refractivity contribution is 0.0635. The largest absolute Gasteiger partial charge is 0.343 e.